The molecule has 3 N–H and O–H groups in total. The molecule has 4 rings (SSSR count). The number of fused-ring (bicyclic) bond motifs is 1. The molecular formula is C24H33Cl2N3O. The Morgan fingerprint density at radius 1 is 1.20 bits per heavy atom. The highest BCUT2D eigenvalue weighted by atomic mass is 35.5. The number of ether oxygens (including phenoxy) is 1. The number of benzene rings is 1. The summed E-state index contributed by atoms with van der Waals surface area (Å²) in [4.78, 5) is 4.59. The molecular weight excluding hydrogens is 417 g/mol. The predicted octanol–water partition coefficient (Wildman–Crippen LogP) is 5.13. The Labute approximate surface area is 192 Å². The molecule has 0 bridgehead atoms. The van der Waals surface area contributed by atoms with Crippen LogP contribution in [0.15, 0.2) is 54.6 Å². The van der Waals surface area contributed by atoms with Crippen LogP contribution in [-0.2, 0) is 0 Å². The summed E-state index contributed by atoms with van der Waals surface area (Å²) in [5.41, 5.74) is 8.45. The summed E-state index contributed by atoms with van der Waals surface area (Å²) in [5, 5.41) is 4.75. The fraction of sp³-hybridized carbons (Fsp3) is 0.458. The lowest BCUT2D eigenvalue weighted by molar-refractivity contribution is 0.218. The smallest absolute Gasteiger partial charge is 0.128 e. The minimum Gasteiger partial charge on any atom is -0.493 e. The second kappa shape index (κ2) is 11.1. The number of nitrogens with zero attached hydrogens (tertiary/aromatic N) is 1. The average molecular weight is 450 g/mol. The zero-order chi connectivity index (χ0) is 19.4. The van der Waals surface area contributed by atoms with Crippen molar-refractivity contribution in [1.82, 2.24) is 10.3 Å². The molecule has 4 nitrogen and oxygen atoms in total. The van der Waals surface area contributed by atoms with E-state index in [1.165, 1.54) is 12.8 Å². The van der Waals surface area contributed by atoms with E-state index in [4.69, 9.17) is 10.5 Å². The number of piperidine rings is 1. The predicted molar refractivity (Wildman–Crippen MR) is 130 cm³/mol. The first-order valence-corrected chi connectivity index (χ1v) is 10.5. The summed E-state index contributed by atoms with van der Waals surface area (Å²) in [5.74, 6) is 1.61. The van der Waals surface area contributed by atoms with Gasteiger partial charge in [-0.15, -0.1) is 24.8 Å². The van der Waals surface area contributed by atoms with Crippen LogP contribution in [0.5, 0.6) is 5.75 Å². The van der Waals surface area contributed by atoms with Crippen LogP contribution in [0.1, 0.15) is 37.8 Å². The number of aryl methyl sites for hydroxylation is 1. The SMILES string of the molecule is Cc1ccc2c(OCCC3CC(CC4(N)C=CC=CC4)CCN3)cccc2n1.Cl.Cl. The van der Waals surface area contributed by atoms with Crippen LogP contribution >= 0.6 is 24.8 Å². The maximum Gasteiger partial charge on any atom is 0.128 e. The van der Waals surface area contributed by atoms with E-state index in [9.17, 15) is 0 Å². The molecule has 1 fully saturated rings. The highest BCUT2D eigenvalue weighted by molar-refractivity contribution is 5.86. The topological polar surface area (TPSA) is 60.2 Å². The van der Waals surface area contributed by atoms with E-state index in [0.717, 1.165) is 48.2 Å². The molecule has 2 aliphatic rings. The molecule has 3 unspecified atom stereocenters. The van der Waals surface area contributed by atoms with Gasteiger partial charge < -0.3 is 15.8 Å². The van der Waals surface area contributed by atoms with Gasteiger partial charge in [-0.25, -0.2) is 0 Å². The van der Waals surface area contributed by atoms with E-state index >= 15 is 0 Å². The Morgan fingerprint density at radius 2 is 2.07 bits per heavy atom. The van der Waals surface area contributed by atoms with Gasteiger partial charge in [0.05, 0.1) is 12.1 Å². The molecule has 2 aromatic rings. The summed E-state index contributed by atoms with van der Waals surface area (Å²) >= 11 is 0. The quantitative estimate of drug-likeness (QED) is 0.641. The van der Waals surface area contributed by atoms with Crippen molar-refractivity contribution < 1.29 is 4.74 Å². The Morgan fingerprint density at radius 3 is 2.87 bits per heavy atom. The van der Waals surface area contributed by atoms with Gasteiger partial charge in [0.15, 0.2) is 0 Å². The molecule has 0 spiro atoms. The van der Waals surface area contributed by atoms with Crippen molar-refractivity contribution in [2.75, 3.05) is 13.2 Å². The first-order chi connectivity index (χ1) is 13.6. The molecule has 6 heteroatoms. The van der Waals surface area contributed by atoms with E-state index in [0.29, 0.717) is 18.6 Å². The highest BCUT2D eigenvalue weighted by Gasteiger charge is 2.29. The molecule has 1 aliphatic carbocycles. The highest BCUT2D eigenvalue weighted by Crippen LogP contribution is 2.30. The number of hydrogen-bond donors (Lipinski definition) is 2. The van der Waals surface area contributed by atoms with Crippen molar-refractivity contribution in [3.63, 3.8) is 0 Å². The normalized spacial score (nSPS) is 25.4. The van der Waals surface area contributed by atoms with Crippen molar-refractivity contribution in [3.05, 3.63) is 60.3 Å². The summed E-state index contributed by atoms with van der Waals surface area (Å²) in [6.07, 6.45) is 14.0. The van der Waals surface area contributed by atoms with Gasteiger partial charge in [0.25, 0.3) is 0 Å². The molecule has 164 valence electrons. The van der Waals surface area contributed by atoms with Gasteiger partial charge in [-0.2, -0.15) is 0 Å². The van der Waals surface area contributed by atoms with Crippen LogP contribution < -0.4 is 15.8 Å². The maximum absolute atomic E-state index is 6.59. The van der Waals surface area contributed by atoms with Crippen molar-refractivity contribution in [1.29, 1.82) is 0 Å². The summed E-state index contributed by atoms with van der Waals surface area (Å²) in [7, 11) is 0. The van der Waals surface area contributed by atoms with Crippen LogP contribution in [0.3, 0.4) is 0 Å². The van der Waals surface area contributed by atoms with Gasteiger partial charge >= 0.3 is 0 Å². The second-order valence-electron chi connectivity index (χ2n) is 8.38. The fourth-order valence-electron chi connectivity index (χ4n) is 4.54. The lowest BCUT2D eigenvalue weighted by Gasteiger charge is -2.36. The lowest BCUT2D eigenvalue weighted by Crippen LogP contribution is -2.45. The first kappa shape index (κ1) is 24.7. The first-order valence-electron chi connectivity index (χ1n) is 10.5. The lowest BCUT2D eigenvalue weighted by atomic mass is 9.78. The number of allylic oxidation sites excluding steroid dienone is 2. The summed E-state index contributed by atoms with van der Waals surface area (Å²) < 4.78 is 6.14. The van der Waals surface area contributed by atoms with Gasteiger partial charge in [-0.3, -0.25) is 4.98 Å². The summed E-state index contributed by atoms with van der Waals surface area (Å²) in [6.45, 7) is 3.80. The van der Waals surface area contributed by atoms with Crippen molar-refractivity contribution in [2.45, 2.75) is 50.6 Å². The minimum absolute atomic E-state index is 0. The Bertz CT molecular complexity index is 886. The monoisotopic (exact) mass is 449 g/mol. The number of nitrogens with two attached hydrogens (primary N) is 1. The van der Waals surface area contributed by atoms with Crippen molar-refractivity contribution in [3.8, 4) is 5.75 Å². The zero-order valence-electron chi connectivity index (χ0n) is 17.5. The van der Waals surface area contributed by atoms with E-state index in [1.807, 2.05) is 31.2 Å². The van der Waals surface area contributed by atoms with Crippen LogP contribution in [-0.4, -0.2) is 29.7 Å². The van der Waals surface area contributed by atoms with Crippen molar-refractivity contribution in [2.24, 2.45) is 11.7 Å². The minimum atomic E-state index is -0.161. The number of halogens is 2. The molecule has 0 amide bonds. The number of rotatable bonds is 6. The largest absolute Gasteiger partial charge is 0.493 e. The molecule has 1 saturated heterocycles. The molecule has 1 aromatic heterocycles. The fourth-order valence-corrected chi connectivity index (χ4v) is 4.54. The standard InChI is InChI=1S/C24H31N3O.2ClH/c1-18-8-9-21-22(27-18)6-5-7-23(21)28-15-11-20-16-19(10-14-26-20)17-24(25)12-3-2-4-13-24;;/h2-9,12,19-20,26H,10-11,13-17,25H2,1H3;2*1H. The number of pyridine rings is 1. The van der Waals surface area contributed by atoms with Crippen LogP contribution in [0.2, 0.25) is 0 Å². The third kappa shape index (κ3) is 6.21. The van der Waals surface area contributed by atoms with E-state index < -0.39 is 0 Å². The van der Waals surface area contributed by atoms with E-state index in [2.05, 4.69) is 40.7 Å². The van der Waals surface area contributed by atoms with Gasteiger partial charge in [-0.1, -0.05) is 30.4 Å². The van der Waals surface area contributed by atoms with Gasteiger partial charge in [0, 0.05) is 22.7 Å². The Hall–Kier alpha value is -1.59. The molecule has 2 heterocycles. The number of hydrogen-bond acceptors (Lipinski definition) is 4. The third-order valence-electron chi connectivity index (χ3n) is 6.00. The molecule has 0 radical (unpaired) electrons. The van der Waals surface area contributed by atoms with E-state index in [-0.39, 0.29) is 30.4 Å². The van der Waals surface area contributed by atoms with Crippen LogP contribution in [0.4, 0.5) is 0 Å². The van der Waals surface area contributed by atoms with Gasteiger partial charge in [-0.05, 0) is 75.8 Å². The Balaban J connectivity index is 0.00000160. The van der Waals surface area contributed by atoms with Gasteiger partial charge in [0.2, 0.25) is 0 Å². The summed E-state index contributed by atoms with van der Waals surface area (Å²) in [6, 6.07) is 10.7. The van der Waals surface area contributed by atoms with E-state index in [1.54, 1.807) is 0 Å². The van der Waals surface area contributed by atoms with Gasteiger partial charge in [0.1, 0.15) is 5.75 Å². The van der Waals surface area contributed by atoms with Crippen LogP contribution in [0, 0.1) is 12.8 Å². The molecule has 3 atom stereocenters. The van der Waals surface area contributed by atoms with Crippen LogP contribution in [0.25, 0.3) is 10.9 Å². The third-order valence-corrected chi connectivity index (χ3v) is 6.00. The molecule has 0 saturated carbocycles. The second-order valence-corrected chi connectivity index (χ2v) is 8.38. The Kier molecular flexibility index (Phi) is 9.17. The number of nitrogens with one attached hydrogen (secondary N) is 1. The van der Waals surface area contributed by atoms with Crippen molar-refractivity contribution >= 4 is 35.7 Å². The maximum atomic E-state index is 6.59. The molecule has 1 aliphatic heterocycles. The average Bonchev–Trinajstić information content (AvgIpc) is 2.68. The number of aromatic nitrogens is 1. The molecule has 30 heavy (non-hydrogen) atoms. The molecule has 1 aromatic carbocycles. The zero-order valence-corrected chi connectivity index (χ0v) is 19.2.